The third-order valence-corrected chi connectivity index (χ3v) is 4.85. The summed E-state index contributed by atoms with van der Waals surface area (Å²) in [5, 5.41) is 5.11. The molecule has 4 rings (SSSR count). The van der Waals surface area contributed by atoms with Gasteiger partial charge in [-0.05, 0) is 13.8 Å². The average Bonchev–Trinajstić information content (AvgIpc) is 3.16. The molecular weight excluding hydrogens is 390 g/mol. The second kappa shape index (κ2) is 6.05. The highest BCUT2D eigenvalue weighted by Crippen LogP contribution is 2.43. The number of halogens is 1. The van der Waals surface area contributed by atoms with E-state index in [2.05, 4.69) is 19.1 Å². The number of hydrogen-bond acceptors (Lipinski definition) is 9. The number of fused-ring (bicyclic) bond motifs is 2. The van der Waals surface area contributed by atoms with E-state index in [4.69, 9.17) is 31.0 Å². The normalized spacial score (nSPS) is 30.8. The van der Waals surface area contributed by atoms with Crippen LogP contribution in [-0.4, -0.2) is 58.6 Å². The van der Waals surface area contributed by atoms with Gasteiger partial charge in [0.25, 0.3) is 0 Å². The van der Waals surface area contributed by atoms with Crippen molar-refractivity contribution in [1.82, 2.24) is 19.5 Å². The first kappa shape index (κ1) is 18.0. The van der Waals surface area contributed by atoms with Crippen molar-refractivity contribution in [1.29, 1.82) is 0 Å². The fraction of sp³-hybridized carbons (Fsp3) is 0.615. The minimum absolute atomic E-state index is 0.210. The summed E-state index contributed by atoms with van der Waals surface area (Å²) >= 11 is 6.04. The molecule has 13 heteroatoms. The summed E-state index contributed by atoms with van der Waals surface area (Å²) < 4.78 is 46.3. The van der Waals surface area contributed by atoms with Gasteiger partial charge in [-0.3, -0.25) is 8.75 Å². The largest absolute Gasteiger partial charge is 0.347 e. The van der Waals surface area contributed by atoms with Gasteiger partial charge in [0.05, 0.1) is 12.9 Å². The Balaban J connectivity index is 1.68. The highest BCUT2D eigenvalue weighted by atomic mass is 35.5. The van der Waals surface area contributed by atoms with Crippen LogP contribution in [0.2, 0.25) is 5.15 Å². The van der Waals surface area contributed by atoms with E-state index in [1.165, 1.54) is 12.7 Å². The van der Waals surface area contributed by atoms with E-state index in [1.54, 1.807) is 18.4 Å². The third kappa shape index (κ3) is 3.17. The molecule has 2 fully saturated rings. The molecule has 4 atom stereocenters. The lowest BCUT2D eigenvalue weighted by molar-refractivity contribution is -0.198. The maximum Gasteiger partial charge on any atom is 0.333 e. The first-order valence-corrected chi connectivity index (χ1v) is 9.51. The van der Waals surface area contributed by atoms with E-state index in [0.717, 1.165) is 0 Å². The SMILES string of the molecule is CC1(C)OC2C(COS(N)(=O)=O)OC(n3cnc4c(Cl)ncnc43)C2O1. The Morgan fingerprint density at radius 3 is 2.77 bits per heavy atom. The van der Waals surface area contributed by atoms with Crippen LogP contribution in [0.3, 0.4) is 0 Å². The number of ether oxygens (including phenoxy) is 3. The summed E-state index contributed by atoms with van der Waals surface area (Å²) in [6.07, 6.45) is 0.320. The molecule has 26 heavy (non-hydrogen) atoms. The van der Waals surface area contributed by atoms with Gasteiger partial charge in [0.1, 0.15) is 30.2 Å². The highest BCUT2D eigenvalue weighted by molar-refractivity contribution is 7.84. The number of hydrogen-bond donors (Lipinski definition) is 1. The quantitative estimate of drug-likeness (QED) is 0.701. The molecule has 4 heterocycles. The van der Waals surface area contributed by atoms with Crippen LogP contribution in [0.25, 0.3) is 11.2 Å². The van der Waals surface area contributed by atoms with Crippen LogP contribution < -0.4 is 5.14 Å². The van der Waals surface area contributed by atoms with Crippen LogP contribution >= 0.6 is 11.6 Å². The van der Waals surface area contributed by atoms with Gasteiger partial charge in [0, 0.05) is 0 Å². The average molecular weight is 406 g/mol. The molecular formula is C13H16ClN5O6S. The van der Waals surface area contributed by atoms with E-state index in [-0.39, 0.29) is 11.8 Å². The van der Waals surface area contributed by atoms with Crippen molar-refractivity contribution < 1.29 is 26.8 Å². The second-order valence-corrected chi connectivity index (χ2v) is 7.98. The Hall–Kier alpha value is -1.41. The Kier molecular flexibility index (Phi) is 4.19. The number of imidazole rings is 1. The van der Waals surface area contributed by atoms with Crippen LogP contribution in [0.4, 0.5) is 0 Å². The van der Waals surface area contributed by atoms with Crippen molar-refractivity contribution in [3.63, 3.8) is 0 Å². The summed E-state index contributed by atoms with van der Waals surface area (Å²) in [4.78, 5) is 12.3. The van der Waals surface area contributed by atoms with Gasteiger partial charge in [0.2, 0.25) is 0 Å². The molecule has 2 aromatic heterocycles. The molecule has 0 bridgehead atoms. The van der Waals surface area contributed by atoms with Gasteiger partial charge in [-0.1, -0.05) is 11.6 Å². The van der Waals surface area contributed by atoms with Gasteiger partial charge in [-0.2, -0.15) is 8.42 Å². The van der Waals surface area contributed by atoms with Crippen molar-refractivity contribution in [3.05, 3.63) is 17.8 Å². The fourth-order valence-corrected chi connectivity index (χ4v) is 3.69. The lowest BCUT2D eigenvalue weighted by Gasteiger charge is -2.24. The van der Waals surface area contributed by atoms with Gasteiger partial charge in [-0.25, -0.2) is 20.1 Å². The highest BCUT2D eigenvalue weighted by Gasteiger charge is 2.56. The summed E-state index contributed by atoms with van der Waals surface area (Å²) in [6.45, 7) is 3.20. The molecule has 0 aliphatic carbocycles. The van der Waals surface area contributed by atoms with Crippen molar-refractivity contribution >= 4 is 33.1 Å². The lowest BCUT2D eigenvalue weighted by atomic mass is 10.1. The molecule has 2 saturated heterocycles. The standard InChI is InChI=1S/C13H16ClN5O6S/c1-13(2)24-8-6(3-22-26(15,20)21)23-12(9(8)25-13)19-5-18-7-10(14)16-4-17-11(7)19/h4-6,8-9,12H,3H2,1-2H3,(H2,15,20,21). The van der Waals surface area contributed by atoms with Gasteiger partial charge in [-0.15, -0.1) is 0 Å². The second-order valence-electron chi connectivity index (χ2n) is 6.40. The lowest BCUT2D eigenvalue weighted by Crippen LogP contribution is -2.34. The summed E-state index contributed by atoms with van der Waals surface area (Å²) in [7, 11) is -4.11. The molecule has 0 spiro atoms. The van der Waals surface area contributed by atoms with Crippen molar-refractivity contribution in [2.24, 2.45) is 5.14 Å². The minimum atomic E-state index is -4.11. The summed E-state index contributed by atoms with van der Waals surface area (Å²) in [6, 6.07) is 0. The molecule has 2 N–H and O–H groups in total. The van der Waals surface area contributed by atoms with Crippen molar-refractivity contribution in [2.75, 3.05) is 6.61 Å². The molecule has 0 aromatic carbocycles. The Morgan fingerprint density at radius 2 is 2.04 bits per heavy atom. The van der Waals surface area contributed by atoms with Crippen molar-refractivity contribution in [2.45, 2.75) is 44.2 Å². The van der Waals surface area contributed by atoms with Crippen LogP contribution in [0, 0.1) is 0 Å². The Labute approximate surface area is 153 Å². The van der Waals surface area contributed by atoms with Gasteiger partial charge >= 0.3 is 10.3 Å². The topological polar surface area (TPSA) is 141 Å². The molecule has 2 aromatic rings. The van der Waals surface area contributed by atoms with E-state index in [0.29, 0.717) is 11.2 Å². The van der Waals surface area contributed by atoms with E-state index in [9.17, 15) is 8.42 Å². The van der Waals surface area contributed by atoms with E-state index >= 15 is 0 Å². The zero-order chi connectivity index (χ0) is 18.7. The minimum Gasteiger partial charge on any atom is -0.347 e. The fourth-order valence-electron chi connectivity index (χ4n) is 3.19. The molecule has 0 saturated carbocycles. The summed E-state index contributed by atoms with van der Waals surface area (Å²) in [5.74, 6) is -0.875. The maximum absolute atomic E-state index is 11.1. The Bertz CT molecular complexity index is 950. The molecule has 2 aliphatic rings. The van der Waals surface area contributed by atoms with Crippen LogP contribution in [0.5, 0.6) is 0 Å². The number of aromatic nitrogens is 4. The van der Waals surface area contributed by atoms with E-state index < -0.39 is 40.6 Å². The Morgan fingerprint density at radius 1 is 1.31 bits per heavy atom. The molecule has 11 nitrogen and oxygen atoms in total. The van der Waals surface area contributed by atoms with Crippen LogP contribution in [-0.2, 0) is 28.7 Å². The molecule has 142 valence electrons. The smallest absolute Gasteiger partial charge is 0.333 e. The first-order chi connectivity index (χ1) is 12.1. The van der Waals surface area contributed by atoms with Crippen LogP contribution in [0.15, 0.2) is 12.7 Å². The number of rotatable bonds is 4. The van der Waals surface area contributed by atoms with Crippen molar-refractivity contribution in [3.8, 4) is 0 Å². The maximum atomic E-state index is 11.1. The molecule has 0 radical (unpaired) electrons. The predicted molar refractivity (Wildman–Crippen MR) is 87.1 cm³/mol. The third-order valence-electron chi connectivity index (χ3n) is 4.11. The van der Waals surface area contributed by atoms with Gasteiger partial charge < -0.3 is 14.2 Å². The van der Waals surface area contributed by atoms with Gasteiger partial charge in [0.15, 0.2) is 22.8 Å². The molecule has 4 unspecified atom stereocenters. The van der Waals surface area contributed by atoms with E-state index in [1.807, 2.05) is 0 Å². The monoisotopic (exact) mass is 405 g/mol. The molecule has 0 amide bonds. The zero-order valence-electron chi connectivity index (χ0n) is 13.8. The number of nitrogens with two attached hydrogens (primary N) is 1. The predicted octanol–water partition coefficient (Wildman–Crippen LogP) is 0.117. The number of nitrogens with zero attached hydrogens (tertiary/aromatic N) is 4. The van der Waals surface area contributed by atoms with Crippen LogP contribution in [0.1, 0.15) is 20.1 Å². The summed E-state index contributed by atoms with van der Waals surface area (Å²) in [5.41, 5.74) is 0.867. The molecule has 2 aliphatic heterocycles. The zero-order valence-corrected chi connectivity index (χ0v) is 15.3. The first-order valence-electron chi connectivity index (χ1n) is 7.66.